The number of nitrogens with zero attached hydrogens (tertiary/aromatic N) is 1. The molecule has 8 heteroatoms. The summed E-state index contributed by atoms with van der Waals surface area (Å²) in [7, 11) is -2.17. The zero-order valence-electron chi connectivity index (χ0n) is 14.2. The molecule has 1 fully saturated rings. The van der Waals surface area contributed by atoms with Gasteiger partial charge in [0.05, 0.1) is 25.2 Å². The number of aryl methyl sites for hydroxylation is 1. The van der Waals surface area contributed by atoms with E-state index >= 15 is 0 Å². The molecule has 1 aliphatic heterocycles. The average Bonchev–Trinajstić information content (AvgIpc) is 3.03. The third-order valence-electron chi connectivity index (χ3n) is 3.84. The topological polar surface area (TPSA) is 84.9 Å². The van der Waals surface area contributed by atoms with Crippen LogP contribution in [0, 0.1) is 6.92 Å². The number of hydrogen-bond acceptors (Lipinski definition) is 5. The molecule has 0 bridgehead atoms. The summed E-state index contributed by atoms with van der Waals surface area (Å²) in [5.74, 6) is 0.0254. The first-order chi connectivity index (χ1) is 11.3. The van der Waals surface area contributed by atoms with Crippen LogP contribution in [-0.2, 0) is 19.6 Å². The van der Waals surface area contributed by atoms with Gasteiger partial charge in [-0.2, -0.15) is 0 Å². The molecule has 1 saturated heterocycles. The largest absolute Gasteiger partial charge is 0.495 e. The lowest BCUT2D eigenvalue weighted by Crippen LogP contribution is -2.42. The molecule has 7 nitrogen and oxygen atoms in total. The van der Waals surface area contributed by atoms with Crippen LogP contribution >= 0.6 is 0 Å². The second kappa shape index (κ2) is 7.85. The quantitative estimate of drug-likeness (QED) is 0.790. The van der Waals surface area contributed by atoms with Gasteiger partial charge < -0.3 is 14.8 Å². The van der Waals surface area contributed by atoms with E-state index in [9.17, 15) is 13.2 Å². The van der Waals surface area contributed by atoms with E-state index < -0.39 is 10.0 Å². The van der Waals surface area contributed by atoms with E-state index in [-0.39, 0.29) is 18.6 Å². The Labute approximate surface area is 143 Å². The van der Waals surface area contributed by atoms with Crippen molar-refractivity contribution in [1.29, 1.82) is 0 Å². The van der Waals surface area contributed by atoms with Crippen LogP contribution in [0.4, 0.5) is 5.69 Å². The van der Waals surface area contributed by atoms with Gasteiger partial charge in [-0.25, -0.2) is 8.42 Å². The van der Waals surface area contributed by atoms with E-state index in [0.29, 0.717) is 24.6 Å². The first kappa shape index (κ1) is 18.5. The number of benzene rings is 1. The molecule has 134 valence electrons. The smallest absolute Gasteiger partial charge is 0.240 e. The molecular formula is C16H24N2O5S. The molecule has 0 saturated carbocycles. The maximum absolute atomic E-state index is 12.2. The Hall–Kier alpha value is -1.80. The summed E-state index contributed by atoms with van der Waals surface area (Å²) in [6.45, 7) is 2.64. The molecule has 1 atom stereocenters. The summed E-state index contributed by atoms with van der Waals surface area (Å²) < 4.78 is 36.1. The highest BCUT2D eigenvalue weighted by molar-refractivity contribution is 7.92. The summed E-state index contributed by atoms with van der Waals surface area (Å²) in [4.78, 5) is 12.2. The fourth-order valence-electron chi connectivity index (χ4n) is 2.60. The van der Waals surface area contributed by atoms with Gasteiger partial charge in [0.15, 0.2) is 0 Å². The van der Waals surface area contributed by atoms with Crippen LogP contribution < -0.4 is 14.4 Å². The number of amides is 1. The second-order valence-corrected chi connectivity index (χ2v) is 7.79. The van der Waals surface area contributed by atoms with Gasteiger partial charge >= 0.3 is 0 Å². The normalized spacial score (nSPS) is 17.5. The Kier molecular flexibility index (Phi) is 6.06. The van der Waals surface area contributed by atoms with Crippen molar-refractivity contribution >= 4 is 21.6 Å². The van der Waals surface area contributed by atoms with Crippen LogP contribution in [0.25, 0.3) is 0 Å². The Morgan fingerprint density at radius 2 is 2.21 bits per heavy atom. The Morgan fingerprint density at radius 3 is 2.79 bits per heavy atom. The van der Waals surface area contributed by atoms with Crippen LogP contribution in [0.2, 0.25) is 0 Å². The van der Waals surface area contributed by atoms with Crippen LogP contribution in [0.5, 0.6) is 5.75 Å². The van der Waals surface area contributed by atoms with Gasteiger partial charge in [0.1, 0.15) is 12.3 Å². The van der Waals surface area contributed by atoms with Crippen molar-refractivity contribution in [2.45, 2.75) is 25.9 Å². The highest BCUT2D eigenvalue weighted by Gasteiger charge is 2.25. The molecule has 0 radical (unpaired) electrons. The third-order valence-corrected chi connectivity index (χ3v) is 4.97. The lowest BCUT2D eigenvalue weighted by atomic mass is 10.2. The van der Waals surface area contributed by atoms with Gasteiger partial charge in [0.25, 0.3) is 0 Å². The van der Waals surface area contributed by atoms with Crippen molar-refractivity contribution in [3.63, 3.8) is 0 Å². The van der Waals surface area contributed by atoms with Crippen LogP contribution in [-0.4, -0.2) is 53.5 Å². The van der Waals surface area contributed by atoms with Crippen molar-refractivity contribution in [2.24, 2.45) is 0 Å². The predicted molar refractivity (Wildman–Crippen MR) is 91.9 cm³/mol. The molecule has 2 rings (SSSR count). The van der Waals surface area contributed by atoms with Gasteiger partial charge in [0.2, 0.25) is 15.9 Å². The maximum atomic E-state index is 12.2. The minimum absolute atomic E-state index is 0.00846. The predicted octanol–water partition coefficient (Wildman–Crippen LogP) is 1.06. The average molecular weight is 356 g/mol. The minimum atomic E-state index is -3.64. The lowest BCUT2D eigenvalue weighted by molar-refractivity contribution is -0.120. The van der Waals surface area contributed by atoms with Crippen molar-refractivity contribution in [1.82, 2.24) is 5.32 Å². The highest BCUT2D eigenvalue weighted by Crippen LogP contribution is 2.30. The van der Waals surface area contributed by atoms with Gasteiger partial charge in [0, 0.05) is 13.2 Å². The van der Waals surface area contributed by atoms with E-state index in [4.69, 9.17) is 9.47 Å². The van der Waals surface area contributed by atoms with Gasteiger partial charge in [-0.05, 0) is 37.5 Å². The Morgan fingerprint density at radius 1 is 1.46 bits per heavy atom. The molecule has 1 amide bonds. The van der Waals surface area contributed by atoms with Crippen molar-refractivity contribution < 1.29 is 22.7 Å². The molecular weight excluding hydrogens is 332 g/mol. The number of methoxy groups -OCH3 is 1. The van der Waals surface area contributed by atoms with Gasteiger partial charge in [-0.3, -0.25) is 9.10 Å². The van der Waals surface area contributed by atoms with E-state index in [1.165, 1.54) is 7.11 Å². The fourth-order valence-corrected chi connectivity index (χ4v) is 3.45. The minimum Gasteiger partial charge on any atom is -0.495 e. The first-order valence-electron chi connectivity index (χ1n) is 7.82. The molecule has 0 aromatic heterocycles. The second-order valence-electron chi connectivity index (χ2n) is 5.88. The molecule has 1 aromatic rings. The number of hydrogen-bond donors (Lipinski definition) is 1. The number of sulfonamides is 1. The lowest BCUT2D eigenvalue weighted by Gasteiger charge is -2.24. The van der Waals surface area contributed by atoms with Gasteiger partial charge in [-0.1, -0.05) is 6.07 Å². The molecule has 1 N–H and O–H groups in total. The van der Waals surface area contributed by atoms with E-state index in [2.05, 4.69) is 5.32 Å². The monoisotopic (exact) mass is 356 g/mol. The van der Waals surface area contributed by atoms with E-state index in [1.54, 1.807) is 12.1 Å². The molecule has 0 spiro atoms. The molecule has 24 heavy (non-hydrogen) atoms. The molecule has 1 aromatic carbocycles. The summed E-state index contributed by atoms with van der Waals surface area (Å²) in [6.07, 6.45) is 2.97. The molecule has 0 aliphatic carbocycles. The number of carbonyl (C=O) groups excluding carboxylic acids is 1. The van der Waals surface area contributed by atoms with Crippen LogP contribution in [0.15, 0.2) is 18.2 Å². The Balaban J connectivity index is 2.14. The number of carbonyl (C=O) groups is 1. The summed E-state index contributed by atoms with van der Waals surface area (Å²) in [5.41, 5.74) is 1.23. The standard InChI is InChI=1S/C16H24N2O5S/c1-12-6-7-15(22-2)14(9-12)18(24(3,20)21)11-16(19)17-10-13-5-4-8-23-13/h6-7,9,13H,4-5,8,10-11H2,1-3H3,(H,17,19)/t13-/m0/s1. The van der Waals surface area contributed by atoms with Crippen molar-refractivity contribution in [2.75, 3.05) is 37.4 Å². The molecule has 1 heterocycles. The van der Waals surface area contributed by atoms with Crippen LogP contribution in [0.1, 0.15) is 18.4 Å². The summed E-state index contributed by atoms with van der Waals surface area (Å²) >= 11 is 0. The maximum Gasteiger partial charge on any atom is 0.240 e. The van der Waals surface area contributed by atoms with E-state index in [1.807, 2.05) is 13.0 Å². The van der Waals surface area contributed by atoms with Crippen LogP contribution in [0.3, 0.4) is 0 Å². The number of nitrogens with one attached hydrogen (secondary N) is 1. The highest BCUT2D eigenvalue weighted by atomic mass is 32.2. The van der Waals surface area contributed by atoms with Crippen molar-refractivity contribution in [3.05, 3.63) is 23.8 Å². The Bertz CT molecular complexity index is 684. The summed E-state index contributed by atoms with van der Waals surface area (Å²) in [5, 5.41) is 2.74. The number of ether oxygens (including phenoxy) is 2. The molecule has 0 unspecified atom stereocenters. The first-order valence-corrected chi connectivity index (χ1v) is 9.66. The third kappa shape index (κ3) is 4.85. The number of rotatable bonds is 7. The van der Waals surface area contributed by atoms with E-state index in [0.717, 1.165) is 29.0 Å². The molecule has 1 aliphatic rings. The SMILES string of the molecule is COc1ccc(C)cc1N(CC(=O)NC[C@@H]1CCCO1)S(C)(=O)=O. The zero-order chi connectivity index (χ0) is 17.7. The number of anilines is 1. The fraction of sp³-hybridized carbons (Fsp3) is 0.562. The summed E-state index contributed by atoms with van der Waals surface area (Å²) in [6, 6.07) is 5.20. The van der Waals surface area contributed by atoms with Gasteiger partial charge in [-0.15, -0.1) is 0 Å². The van der Waals surface area contributed by atoms with Crippen molar-refractivity contribution in [3.8, 4) is 5.75 Å². The zero-order valence-corrected chi connectivity index (χ0v) is 15.1.